The summed E-state index contributed by atoms with van der Waals surface area (Å²) in [4.78, 5) is 26.2. The number of methoxy groups -OCH3 is 1. The Labute approximate surface area is 269 Å². The Morgan fingerprint density at radius 2 is 1.80 bits per heavy atom. The smallest absolute Gasteiger partial charge is 0.410 e. The fraction of sp³-hybridized carbons (Fsp3) is 0.571. The number of likely N-dealkylation sites (tertiary alicyclic amines) is 1. The number of benzene rings is 1. The van der Waals surface area contributed by atoms with Crippen LogP contribution in [-0.2, 0) is 39.0 Å². The van der Waals surface area contributed by atoms with E-state index in [2.05, 4.69) is 0 Å². The van der Waals surface area contributed by atoms with E-state index in [0.717, 1.165) is 16.8 Å². The monoisotopic (exact) mass is 646 g/mol. The van der Waals surface area contributed by atoms with Crippen LogP contribution in [0.25, 0.3) is 22.2 Å². The Hall–Kier alpha value is -3.60. The number of aryl methyl sites for hydroxylation is 1. The number of alkyl halides is 3. The fourth-order valence-corrected chi connectivity index (χ4v) is 6.32. The lowest BCUT2D eigenvalue weighted by Gasteiger charge is -2.25. The number of carbonyl (C=O) groups excluding carboxylic acids is 2. The SMILES string of the molecule is CO[C@@H](C)c1c(-c2c(CC(C)(C)COC(C)=O)c3cc(C4CCN(C(=O)OC(C)(C)C)C4)ccc3n2CC(F)(F)F)ccc[n+]1C. The zero-order valence-corrected chi connectivity index (χ0v) is 28.4. The molecule has 0 bridgehead atoms. The van der Waals surface area contributed by atoms with Gasteiger partial charge in [0.25, 0.3) is 0 Å². The summed E-state index contributed by atoms with van der Waals surface area (Å²) in [5, 5.41) is 0.700. The number of carbonyl (C=O) groups is 2. The first-order valence-corrected chi connectivity index (χ1v) is 15.6. The van der Waals surface area contributed by atoms with Crippen molar-refractivity contribution in [2.75, 3.05) is 26.8 Å². The van der Waals surface area contributed by atoms with Gasteiger partial charge < -0.3 is 23.7 Å². The number of pyridine rings is 1. The predicted octanol–water partition coefficient (Wildman–Crippen LogP) is 7.26. The molecule has 2 aromatic heterocycles. The summed E-state index contributed by atoms with van der Waals surface area (Å²) in [6.07, 6.45) is -2.38. The molecule has 0 radical (unpaired) electrons. The molecule has 3 heterocycles. The number of esters is 1. The van der Waals surface area contributed by atoms with Crippen LogP contribution in [0.2, 0.25) is 0 Å². The predicted molar refractivity (Wildman–Crippen MR) is 169 cm³/mol. The van der Waals surface area contributed by atoms with E-state index in [1.54, 1.807) is 18.1 Å². The second-order valence-electron chi connectivity index (χ2n) is 14.1. The normalized spacial score (nSPS) is 16.6. The van der Waals surface area contributed by atoms with Crippen LogP contribution in [0.4, 0.5) is 18.0 Å². The van der Waals surface area contributed by atoms with Crippen molar-refractivity contribution < 1.29 is 41.5 Å². The third-order valence-electron chi connectivity index (χ3n) is 8.38. The number of aromatic nitrogens is 2. The molecule has 0 spiro atoms. The van der Waals surface area contributed by atoms with Crippen LogP contribution in [0.1, 0.15) is 83.7 Å². The van der Waals surface area contributed by atoms with Crippen LogP contribution in [0.15, 0.2) is 36.5 Å². The van der Waals surface area contributed by atoms with Gasteiger partial charge in [-0.25, -0.2) is 9.36 Å². The Bertz CT molecular complexity index is 1590. The van der Waals surface area contributed by atoms with Gasteiger partial charge >= 0.3 is 18.2 Å². The van der Waals surface area contributed by atoms with E-state index in [9.17, 15) is 22.8 Å². The van der Waals surface area contributed by atoms with Crippen LogP contribution >= 0.6 is 0 Å². The molecule has 8 nitrogen and oxygen atoms in total. The van der Waals surface area contributed by atoms with Gasteiger partial charge in [-0.1, -0.05) is 19.9 Å². The van der Waals surface area contributed by atoms with E-state index in [1.165, 1.54) is 11.5 Å². The van der Waals surface area contributed by atoms with Gasteiger partial charge in [0.15, 0.2) is 6.20 Å². The standard InChI is InChI=1S/C35H47F3N3O5/c1-22(44-9)30-26(11-10-15-39(30)8)31-28(18-34(6,7)21-45-23(2)42)27-17-24(12-13-29(27)41(31)20-35(36,37)38)25-14-16-40(19-25)32(43)46-33(3,4)5/h10-13,15,17,22,25H,14,16,18-21H2,1-9H3/q+1/t22-,25?/m0/s1. The second-order valence-corrected chi connectivity index (χ2v) is 14.1. The molecular formula is C35H47F3N3O5+. The number of ether oxygens (including phenoxy) is 3. The van der Waals surface area contributed by atoms with Gasteiger partial charge in [0, 0.05) is 55.4 Å². The summed E-state index contributed by atoms with van der Waals surface area (Å²) in [7, 11) is 3.42. The van der Waals surface area contributed by atoms with E-state index in [1.807, 2.05) is 83.6 Å². The average molecular weight is 647 g/mol. The molecule has 4 rings (SSSR count). The number of hydrogen-bond acceptors (Lipinski definition) is 5. The van der Waals surface area contributed by atoms with Crippen molar-refractivity contribution in [1.29, 1.82) is 0 Å². The highest BCUT2D eigenvalue weighted by atomic mass is 19.4. The van der Waals surface area contributed by atoms with E-state index in [-0.39, 0.29) is 18.6 Å². The molecule has 2 atom stereocenters. The molecule has 252 valence electrons. The first-order valence-electron chi connectivity index (χ1n) is 15.6. The highest BCUT2D eigenvalue weighted by Crippen LogP contribution is 2.43. The minimum Gasteiger partial charge on any atom is -0.465 e. The van der Waals surface area contributed by atoms with Crippen LogP contribution in [0.5, 0.6) is 0 Å². The number of nitrogens with zero attached hydrogens (tertiary/aromatic N) is 3. The van der Waals surface area contributed by atoms with Gasteiger partial charge in [-0.15, -0.1) is 0 Å². The molecule has 1 aromatic carbocycles. The van der Waals surface area contributed by atoms with Crippen molar-refractivity contribution >= 4 is 23.0 Å². The number of halogens is 3. The minimum absolute atomic E-state index is 0.00755. The van der Waals surface area contributed by atoms with Gasteiger partial charge in [-0.2, -0.15) is 13.2 Å². The maximum Gasteiger partial charge on any atom is 0.410 e. The molecule has 1 fully saturated rings. The lowest BCUT2D eigenvalue weighted by atomic mass is 9.84. The maximum atomic E-state index is 14.3. The lowest BCUT2D eigenvalue weighted by Crippen LogP contribution is -2.35. The lowest BCUT2D eigenvalue weighted by molar-refractivity contribution is -0.682. The largest absolute Gasteiger partial charge is 0.465 e. The van der Waals surface area contributed by atoms with Crippen molar-refractivity contribution in [1.82, 2.24) is 9.47 Å². The Morgan fingerprint density at radius 3 is 2.41 bits per heavy atom. The Kier molecular flexibility index (Phi) is 10.2. The fourth-order valence-electron chi connectivity index (χ4n) is 6.32. The third kappa shape index (κ3) is 8.21. The van der Waals surface area contributed by atoms with Gasteiger partial charge in [0.2, 0.25) is 5.69 Å². The highest BCUT2D eigenvalue weighted by molar-refractivity contribution is 5.93. The van der Waals surface area contributed by atoms with Crippen LogP contribution in [-0.4, -0.2) is 60.1 Å². The summed E-state index contributed by atoms with van der Waals surface area (Å²) < 4.78 is 62.9. The van der Waals surface area contributed by atoms with E-state index in [4.69, 9.17) is 14.2 Å². The highest BCUT2D eigenvalue weighted by Gasteiger charge is 2.37. The Balaban J connectivity index is 1.94. The molecule has 1 unspecified atom stereocenters. The third-order valence-corrected chi connectivity index (χ3v) is 8.38. The van der Waals surface area contributed by atoms with Gasteiger partial charge in [0.05, 0.1) is 17.9 Å². The molecule has 11 heteroatoms. The molecule has 1 saturated heterocycles. The molecule has 1 aliphatic rings. The van der Waals surface area contributed by atoms with Gasteiger partial charge in [-0.3, -0.25) is 4.79 Å². The maximum absolute atomic E-state index is 14.3. The topological polar surface area (TPSA) is 73.9 Å². The zero-order valence-electron chi connectivity index (χ0n) is 28.4. The van der Waals surface area contributed by atoms with Crippen LogP contribution in [0.3, 0.4) is 0 Å². The van der Waals surface area contributed by atoms with Crippen molar-refractivity contribution in [2.45, 2.75) is 91.7 Å². The molecule has 1 amide bonds. The van der Waals surface area contributed by atoms with Crippen molar-refractivity contribution in [3.63, 3.8) is 0 Å². The minimum atomic E-state index is -4.49. The summed E-state index contributed by atoms with van der Waals surface area (Å²) in [6, 6.07) is 9.28. The number of hydrogen-bond donors (Lipinski definition) is 0. The average Bonchev–Trinajstić information content (AvgIpc) is 3.53. The molecule has 0 saturated carbocycles. The molecule has 3 aromatic rings. The van der Waals surface area contributed by atoms with E-state index in [0.29, 0.717) is 48.1 Å². The second kappa shape index (κ2) is 13.3. The molecule has 46 heavy (non-hydrogen) atoms. The first kappa shape index (κ1) is 35.3. The summed E-state index contributed by atoms with van der Waals surface area (Å²) in [5.41, 5.74) is 2.74. The van der Waals surface area contributed by atoms with Crippen molar-refractivity contribution in [2.24, 2.45) is 12.5 Å². The van der Waals surface area contributed by atoms with E-state index < -0.39 is 35.8 Å². The zero-order chi connectivity index (χ0) is 34.2. The number of fused-ring (bicyclic) bond motifs is 1. The molecule has 0 aliphatic carbocycles. The summed E-state index contributed by atoms with van der Waals surface area (Å²) in [5.74, 6) is -0.427. The van der Waals surface area contributed by atoms with Crippen molar-refractivity contribution in [3.05, 3.63) is 53.3 Å². The van der Waals surface area contributed by atoms with Gasteiger partial charge in [0.1, 0.15) is 25.3 Å². The molecule has 1 aliphatic heterocycles. The molecular weight excluding hydrogens is 599 g/mol. The van der Waals surface area contributed by atoms with Gasteiger partial charge in [-0.05, 0) is 69.9 Å². The first-order chi connectivity index (χ1) is 21.3. The summed E-state index contributed by atoms with van der Waals surface area (Å²) in [6.45, 7) is 12.5. The summed E-state index contributed by atoms with van der Waals surface area (Å²) >= 11 is 0. The molecule has 0 N–H and O–H groups in total. The number of amides is 1. The van der Waals surface area contributed by atoms with Crippen LogP contribution < -0.4 is 4.57 Å². The van der Waals surface area contributed by atoms with E-state index >= 15 is 0 Å². The quantitative estimate of drug-likeness (QED) is 0.181. The Morgan fingerprint density at radius 1 is 1.11 bits per heavy atom. The van der Waals surface area contributed by atoms with Crippen LogP contribution in [0, 0.1) is 5.41 Å². The van der Waals surface area contributed by atoms with Crippen molar-refractivity contribution in [3.8, 4) is 11.3 Å². The number of rotatable bonds is 9.